The van der Waals surface area contributed by atoms with E-state index in [2.05, 4.69) is 31.8 Å². The molecule has 0 atom stereocenters. The third kappa shape index (κ3) is 4.17. The summed E-state index contributed by atoms with van der Waals surface area (Å²) in [6.45, 7) is 2.07. The third-order valence-corrected chi connectivity index (χ3v) is 2.40. The molecule has 0 aliphatic rings. The van der Waals surface area contributed by atoms with Gasteiger partial charge in [-0.15, -0.1) is 0 Å². The number of likely N-dealkylation sites (N-methyl/N-ethyl adjacent to an activating group) is 1. The van der Waals surface area contributed by atoms with Crippen LogP contribution in [0.4, 0.5) is 0 Å². The van der Waals surface area contributed by atoms with E-state index in [4.69, 9.17) is 0 Å². The molecular formula is C11H12BrN3O3. The summed E-state index contributed by atoms with van der Waals surface area (Å²) in [6.07, 6.45) is 1.25. The maximum Gasteiger partial charge on any atom is 0.329 e. The zero-order valence-corrected chi connectivity index (χ0v) is 11.2. The molecule has 0 aliphatic heterocycles. The number of carbonyl (C=O) groups excluding carboxylic acids is 2. The highest BCUT2D eigenvalue weighted by atomic mass is 79.9. The lowest BCUT2D eigenvalue weighted by Crippen LogP contribution is -2.37. The van der Waals surface area contributed by atoms with Gasteiger partial charge in [0.2, 0.25) is 0 Å². The Morgan fingerprint density at radius 1 is 1.44 bits per heavy atom. The minimum absolute atomic E-state index is 0.0224. The molecule has 1 aromatic rings. The summed E-state index contributed by atoms with van der Waals surface area (Å²) in [5, 5.41) is 15.4. The van der Waals surface area contributed by atoms with E-state index in [-0.39, 0.29) is 5.75 Å². The van der Waals surface area contributed by atoms with Gasteiger partial charge in [0.1, 0.15) is 5.75 Å². The van der Waals surface area contributed by atoms with Crippen LogP contribution < -0.4 is 10.7 Å². The molecule has 0 heterocycles. The lowest BCUT2D eigenvalue weighted by atomic mass is 10.2. The van der Waals surface area contributed by atoms with Crippen LogP contribution in [0.25, 0.3) is 0 Å². The van der Waals surface area contributed by atoms with Crippen LogP contribution in [-0.2, 0) is 9.59 Å². The molecular weight excluding hydrogens is 302 g/mol. The fourth-order valence-corrected chi connectivity index (χ4v) is 1.46. The standard InChI is InChI=1S/C11H12BrN3O3/c1-2-13-10(17)11(18)15-14-6-7-5-8(12)3-4-9(7)16/h3-6,16H,2H2,1H3,(H,13,17)(H,15,18)/b14-6-. The highest BCUT2D eigenvalue weighted by Crippen LogP contribution is 2.19. The number of nitrogens with one attached hydrogen (secondary N) is 2. The van der Waals surface area contributed by atoms with Gasteiger partial charge in [0, 0.05) is 16.6 Å². The van der Waals surface area contributed by atoms with Crippen LogP contribution in [0.3, 0.4) is 0 Å². The summed E-state index contributed by atoms with van der Waals surface area (Å²) in [5.74, 6) is -1.59. The molecule has 0 aromatic heterocycles. The van der Waals surface area contributed by atoms with Gasteiger partial charge in [-0.05, 0) is 25.1 Å². The van der Waals surface area contributed by atoms with E-state index in [1.54, 1.807) is 19.1 Å². The molecule has 7 heteroatoms. The molecule has 2 amide bonds. The Bertz CT molecular complexity index is 488. The average molecular weight is 314 g/mol. The molecule has 6 nitrogen and oxygen atoms in total. The molecule has 0 saturated heterocycles. The molecule has 1 aromatic carbocycles. The number of hydrazone groups is 1. The molecule has 96 valence electrons. The summed E-state index contributed by atoms with van der Waals surface area (Å²) in [5.41, 5.74) is 2.47. The Kier molecular flexibility index (Phi) is 5.31. The molecule has 0 saturated carbocycles. The van der Waals surface area contributed by atoms with Crippen molar-refractivity contribution in [1.82, 2.24) is 10.7 Å². The molecule has 0 radical (unpaired) electrons. The lowest BCUT2D eigenvalue weighted by Gasteiger charge is -2.01. The number of rotatable bonds is 3. The third-order valence-electron chi connectivity index (χ3n) is 1.90. The quantitative estimate of drug-likeness (QED) is 0.437. The van der Waals surface area contributed by atoms with E-state index >= 15 is 0 Å². The minimum atomic E-state index is -0.859. The van der Waals surface area contributed by atoms with Crippen molar-refractivity contribution in [2.75, 3.05) is 6.54 Å². The van der Waals surface area contributed by atoms with Gasteiger partial charge in [-0.25, -0.2) is 5.43 Å². The number of aromatic hydroxyl groups is 1. The van der Waals surface area contributed by atoms with E-state index in [0.717, 1.165) is 4.47 Å². The molecule has 3 N–H and O–H groups in total. The topological polar surface area (TPSA) is 90.8 Å². The molecule has 0 aliphatic carbocycles. The van der Waals surface area contributed by atoms with Crippen molar-refractivity contribution in [3.05, 3.63) is 28.2 Å². The highest BCUT2D eigenvalue weighted by Gasteiger charge is 2.10. The van der Waals surface area contributed by atoms with Crippen LogP contribution in [0.15, 0.2) is 27.8 Å². The van der Waals surface area contributed by atoms with E-state index in [1.165, 1.54) is 12.3 Å². The predicted molar refractivity (Wildman–Crippen MR) is 70.2 cm³/mol. The Balaban J connectivity index is 2.62. The van der Waals surface area contributed by atoms with Crippen LogP contribution >= 0.6 is 15.9 Å². The van der Waals surface area contributed by atoms with Crippen molar-refractivity contribution >= 4 is 34.0 Å². The number of amides is 2. The maximum absolute atomic E-state index is 11.2. The fourth-order valence-electron chi connectivity index (χ4n) is 1.08. The van der Waals surface area contributed by atoms with Gasteiger partial charge in [-0.1, -0.05) is 15.9 Å². The van der Waals surface area contributed by atoms with Gasteiger partial charge in [0.15, 0.2) is 0 Å². The van der Waals surface area contributed by atoms with E-state index < -0.39 is 11.8 Å². The average Bonchev–Trinajstić information content (AvgIpc) is 2.33. The first-order valence-corrected chi connectivity index (χ1v) is 5.93. The minimum Gasteiger partial charge on any atom is -0.507 e. The van der Waals surface area contributed by atoms with Crippen molar-refractivity contribution in [2.24, 2.45) is 5.10 Å². The summed E-state index contributed by atoms with van der Waals surface area (Å²) < 4.78 is 0.761. The summed E-state index contributed by atoms with van der Waals surface area (Å²) in [4.78, 5) is 22.2. The second kappa shape index (κ2) is 6.75. The van der Waals surface area contributed by atoms with Gasteiger partial charge in [0.05, 0.1) is 6.21 Å². The van der Waals surface area contributed by atoms with Crippen LogP contribution in [0, 0.1) is 0 Å². The highest BCUT2D eigenvalue weighted by molar-refractivity contribution is 9.10. The number of benzene rings is 1. The molecule has 0 unspecified atom stereocenters. The predicted octanol–water partition coefficient (Wildman–Crippen LogP) is 0.741. The van der Waals surface area contributed by atoms with Gasteiger partial charge in [-0.2, -0.15) is 5.10 Å². The van der Waals surface area contributed by atoms with Gasteiger partial charge < -0.3 is 10.4 Å². The van der Waals surface area contributed by atoms with Gasteiger partial charge >= 0.3 is 11.8 Å². The Labute approximate surface area is 112 Å². The monoisotopic (exact) mass is 313 g/mol. The first-order valence-electron chi connectivity index (χ1n) is 5.14. The number of phenolic OH excluding ortho intramolecular Hbond substituents is 1. The van der Waals surface area contributed by atoms with E-state index in [9.17, 15) is 14.7 Å². The zero-order chi connectivity index (χ0) is 13.5. The normalized spacial score (nSPS) is 10.3. The van der Waals surface area contributed by atoms with Crippen LogP contribution in [0.1, 0.15) is 12.5 Å². The number of hydrogen-bond acceptors (Lipinski definition) is 4. The number of halogens is 1. The Hall–Kier alpha value is -1.89. The molecule has 18 heavy (non-hydrogen) atoms. The first-order chi connectivity index (χ1) is 8.54. The van der Waals surface area contributed by atoms with Crippen molar-refractivity contribution in [2.45, 2.75) is 6.92 Å². The lowest BCUT2D eigenvalue weighted by molar-refractivity contribution is -0.139. The molecule has 1 rings (SSSR count). The fraction of sp³-hybridized carbons (Fsp3) is 0.182. The molecule has 0 fully saturated rings. The largest absolute Gasteiger partial charge is 0.507 e. The van der Waals surface area contributed by atoms with Gasteiger partial charge in [-0.3, -0.25) is 9.59 Å². The van der Waals surface area contributed by atoms with Crippen molar-refractivity contribution in [3.63, 3.8) is 0 Å². The number of phenols is 1. The number of hydrogen-bond donors (Lipinski definition) is 3. The Morgan fingerprint density at radius 3 is 2.83 bits per heavy atom. The number of nitrogens with zero attached hydrogens (tertiary/aromatic N) is 1. The summed E-state index contributed by atoms with van der Waals surface area (Å²) in [7, 11) is 0. The van der Waals surface area contributed by atoms with Crippen molar-refractivity contribution < 1.29 is 14.7 Å². The Morgan fingerprint density at radius 2 is 2.17 bits per heavy atom. The number of carbonyl (C=O) groups is 2. The molecule has 0 spiro atoms. The first kappa shape index (κ1) is 14.2. The van der Waals surface area contributed by atoms with E-state index in [1.807, 2.05) is 0 Å². The van der Waals surface area contributed by atoms with Crippen molar-refractivity contribution in [3.8, 4) is 5.75 Å². The summed E-state index contributed by atoms with van der Waals surface area (Å²) in [6, 6.07) is 4.77. The van der Waals surface area contributed by atoms with Gasteiger partial charge in [0.25, 0.3) is 0 Å². The molecule has 0 bridgehead atoms. The summed E-state index contributed by atoms with van der Waals surface area (Å²) >= 11 is 3.24. The smallest absolute Gasteiger partial charge is 0.329 e. The van der Waals surface area contributed by atoms with E-state index in [0.29, 0.717) is 12.1 Å². The maximum atomic E-state index is 11.2. The van der Waals surface area contributed by atoms with Crippen LogP contribution in [0.2, 0.25) is 0 Å². The van der Waals surface area contributed by atoms with Crippen LogP contribution in [0.5, 0.6) is 5.75 Å². The van der Waals surface area contributed by atoms with Crippen molar-refractivity contribution in [1.29, 1.82) is 0 Å². The SMILES string of the molecule is CCNC(=O)C(=O)N/N=C\c1cc(Br)ccc1O. The van der Waals surface area contributed by atoms with Crippen LogP contribution in [-0.4, -0.2) is 29.7 Å². The zero-order valence-electron chi connectivity index (χ0n) is 9.61. The second-order valence-electron chi connectivity index (χ2n) is 3.26. The second-order valence-corrected chi connectivity index (χ2v) is 4.18.